The molecule has 4 N–H and O–H groups in total. The lowest BCUT2D eigenvalue weighted by atomic mass is 9.93. The number of nitrogens with one attached hydrogen (secondary N) is 2. The summed E-state index contributed by atoms with van der Waals surface area (Å²) in [7, 11) is 0. The van der Waals surface area contributed by atoms with E-state index in [0.29, 0.717) is 6.54 Å². The first kappa shape index (κ1) is 10.4. The van der Waals surface area contributed by atoms with Crippen molar-refractivity contribution in [1.29, 1.82) is 0 Å². The van der Waals surface area contributed by atoms with Crippen LogP contribution in [0.1, 0.15) is 13.8 Å². The van der Waals surface area contributed by atoms with Crippen molar-refractivity contribution in [3.63, 3.8) is 0 Å². The molecule has 0 aromatic carbocycles. The molecule has 76 valence electrons. The van der Waals surface area contributed by atoms with E-state index in [0.717, 1.165) is 0 Å². The average Bonchev–Trinajstić information content (AvgIpc) is 2.06. The third-order valence-corrected chi connectivity index (χ3v) is 2.29. The number of piperidine rings is 1. The Morgan fingerprint density at radius 3 is 2.62 bits per heavy atom. The number of rotatable bonds is 1. The molecule has 0 bridgehead atoms. The minimum Gasteiger partial charge on any atom is -0.390 e. The number of amides is 1. The summed E-state index contributed by atoms with van der Waals surface area (Å²) in [6.07, 6.45) is -2.26. The maximum Gasteiger partial charge on any atom is 0.218 e. The first-order chi connectivity index (χ1) is 6.02. The standard InChI is InChI=1S/C8H16N2O3/c1-4-3-9-8(10-5(2)11)7(13)6(4)12/h4,6-9,12-13H,3H2,1-2H3,(H,10,11)/t4?,6-,7?,8?/m1/s1. The molecule has 0 aromatic heterocycles. The summed E-state index contributed by atoms with van der Waals surface area (Å²) in [6, 6.07) is 0. The Morgan fingerprint density at radius 2 is 2.08 bits per heavy atom. The third-order valence-electron chi connectivity index (χ3n) is 2.29. The summed E-state index contributed by atoms with van der Waals surface area (Å²) in [5.41, 5.74) is 0. The molecule has 1 fully saturated rings. The molecule has 0 radical (unpaired) electrons. The zero-order valence-corrected chi connectivity index (χ0v) is 7.82. The van der Waals surface area contributed by atoms with Crippen molar-refractivity contribution in [2.24, 2.45) is 5.92 Å². The third kappa shape index (κ3) is 2.40. The zero-order chi connectivity index (χ0) is 10.0. The highest BCUT2D eigenvalue weighted by Gasteiger charge is 2.35. The fourth-order valence-electron chi connectivity index (χ4n) is 1.44. The summed E-state index contributed by atoms with van der Waals surface area (Å²) in [6.45, 7) is 3.80. The first-order valence-electron chi connectivity index (χ1n) is 4.39. The van der Waals surface area contributed by atoms with Gasteiger partial charge in [0, 0.05) is 13.5 Å². The van der Waals surface area contributed by atoms with Crippen LogP contribution in [0.4, 0.5) is 0 Å². The Hall–Kier alpha value is -0.650. The molecule has 13 heavy (non-hydrogen) atoms. The Bertz CT molecular complexity index is 198. The van der Waals surface area contributed by atoms with E-state index in [2.05, 4.69) is 10.6 Å². The minimum absolute atomic E-state index is 0.00000756. The number of aliphatic hydroxyl groups is 2. The molecule has 5 heteroatoms. The highest BCUT2D eigenvalue weighted by molar-refractivity contribution is 5.73. The zero-order valence-electron chi connectivity index (χ0n) is 7.82. The molecule has 1 rings (SSSR count). The molecular weight excluding hydrogens is 172 g/mol. The molecule has 5 nitrogen and oxygen atoms in total. The van der Waals surface area contributed by atoms with Crippen LogP contribution in [0.25, 0.3) is 0 Å². The fraction of sp³-hybridized carbons (Fsp3) is 0.875. The lowest BCUT2D eigenvalue weighted by Gasteiger charge is -2.37. The predicted molar refractivity (Wildman–Crippen MR) is 46.8 cm³/mol. The van der Waals surface area contributed by atoms with E-state index in [1.807, 2.05) is 6.92 Å². The average molecular weight is 188 g/mol. The number of hydrogen-bond donors (Lipinski definition) is 4. The number of carbonyl (C=O) groups is 1. The Morgan fingerprint density at radius 1 is 1.46 bits per heavy atom. The van der Waals surface area contributed by atoms with E-state index in [9.17, 15) is 15.0 Å². The van der Waals surface area contributed by atoms with Gasteiger partial charge in [0.05, 0.1) is 6.10 Å². The normalized spacial score (nSPS) is 40.0. The maximum atomic E-state index is 10.7. The SMILES string of the molecule is CC(=O)NC1NCC(C)[C@@H](O)C1O. The molecule has 1 aliphatic heterocycles. The number of hydrogen-bond acceptors (Lipinski definition) is 4. The summed E-state index contributed by atoms with van der Waals surface area (Å²) >= 11 is 0. The topological polar surface area (TPSA) is 81.6 Å². The number of aliphatic hydroxyl groups excluding tert-OH is 2. The van der Waals surface area contributed by atoms with Gasteiger partial charge in [0.2, 0.25) is 5.91 Å². The Kier molecular flexibility index (Phi) is 3.24. The quantitative estimate of drug-likeness (QED) is 0.400. The van der Waals surface area contributed by atoms with E-state index >= 15 is 0 Å². The van der Waals surface area contributed by atoms with E-state index in [4.69, 9.17) is 0 Å². The lowest BCUT2D eigenvalue weighted by Crippen LogP contribution is -2.63. The second kappa shape index (κ2) is 4.04. The smallest absolute Gasteiger partial charge is 0.218 e. The highest BCUT2D eigenvalue weighted by Crippen LogP contribution is 2.13. The van der Waals surface area contributed by atoms with Crippen molar-refractivity contribution in [2.75, 3.05) is 6.54 Å². The molecule has 3 unspecified atom stereocenters. The van der Waals surface area contributed by atoms with Crippen molar-refractivity contribution < 1.29 is 15.0 Å². The molecule has 0 aliphatic carbocycles. The Labute approximate surface area is 77.1 Å². The van der Waals surface area contributed by atoms with Crippen molar-refractivity contribution in [2.45, 2.75) is 32.2 Å². The van der Waals surface area contributed by atoms with Gasteiger partial charge in [-0.1, -0.05) is 6.92 Å². The van der Waals surface area contributed by atoms with Crippen molar-refractivity contribution in [1.82, 2.24) is 10.6 Å². The van der Waals surface area contributed by atoms with E-state index in [-0.39, 0.29) is 11.8 Å². The van der Waals surface area contributed by atoms with Crippen LogP contribution in [0.5, 0.6) is 0 Å². The molecule has 0 saturated carbocycles. The summed E-state index contributed by atoms with van der Waals surface area (Å²) in [4.78, 5) is 10.7. The van der Waals surface area contributed by atoms with Gasteiger partial charge in [0.15, 0.2) is 0 Å². The maximum absolute atomic E-state index is 10.7. The van der Waals surface area contributed by atoms with Gasteiger partial charge in [-0.2, -0.15) is 0 Å². The van der Waals surface area contributed by atoms with Gasteiger partial charge in [0.1, 0.15) is 12.3 Å². The van der Waals surface area contributed by atoms with Crippen LogP contribution in [0.3, 0.4) is 0 Å². The second-order valence-electron chi connectivity index (χ2n) is 3.54. The van der Waals surface area contributed by atoms with E-state index < -0.39 is 18.4 Å². The van der Waals surface area contributed by atoms with Gasteiger partial charge >= 0.3 is 0 Å². The minimum atomic E-state index is -0.937. The predicted octanol–water partition coefficient (Wildman–Crippen LogP) is -1.59. The summed E-state index contributed by atoms with van der Waals surface area (Å²) in [5, 5.41) is 24.5. The molecule has 1 saturated heterocycles. The van der Waals surface area contributed by atoms with Crippen LogP contribution in [0, 0.1) is 5.92 Å². The van der Waals surface area contributed by atoms with Crippen LogP contribution >= 0.6 is 0 Å². The summed E-state index contributed by atoms with van der Waals surface area (Å²) in [5.74, 6) is -0.224. The summed E-state index contributed by atoms with van der Waals surface area (Å²) < 4.78 is 0. The van der Waals surface area contributed by atoms with Crippen LogP contribution in [0.2, 0.25) is 0 Å². The molecule has 0 spiro atoms. The van der Waals surface area contributed by atoms with Gasteiger partial charge in [-0.05, 0) is 5.92 Å². The molecule has 1 aliphatic rings. The first-order valence-corrected chi connectivity index (χ1v) is 4.39. The van der Waals surface area contributed by atoms with Crippen LogP contribution in [0.15, 0.2) is 0 Å². The molecule has 1 amide bonds. The molecule has 0 aromatic rings. The van der Waals surface area contributed by atoms with Crippen molar-refractivity contribution in [3.05, 3.63) is 0 Å². The van der Waals surface area contributed by atoms with Gasteiger partial charge in [-0.25, -0.2) is 0 Å². The molecular formula is C8H16N2O3. The van der Waals surface area contributed by atoms with Crippen LogP contribution < -0.4 is 10.6 Å². The molecule has 4 atom stereocenters. The van der Waals surface area contributed by atoms with Gasteiger partial charge < -0.3 is 15.5 Å². The molecule has 1 heterocycles. The largest absolute Gasteiger partial charge is 0.390 e. The van der Waals surface area contributed by atoms with Crippen LogP contribution in [-0.4, -0.2) is 41.0 Å². The monoisotopic (exact) mass is 188 g/mol. The van der Waals surface area contributed by atoms with E-state index in [1.54, 1.807) is 0 Å². The van der Waals surface area contributed by atoms with Crippen LogP contribution in [-0.2, 0) is 4.79 Å². The fourth-order valence-corrected chi connectivity index (χ4v) is 1.44. The lowest BCUT2D eigenvalue weighted by molar-refractivity contribution is -0.123. The number of carbonyl (C=O) groups excluding carboxylic acids is 1. The Balaban J connectivity index is 2.53. The second-order valence-corrected chi connectivity index (χ2v) is 3.54. The van der Waals surface area contributed by atoms with E-state index in [1.165, 1.54) is 6.92 Å². The van der Waals surface area contributed by atoms with Gasteiger partial charge in [-0.15, -0.1) is 0 Å². The van der Waals surface area contributed by atoms with Crippen molar-refractivity contribution >= 4 is 5.91 Å². The van der Waals surface area contributed by atoms with Gasteiger partial charge in [-0.3, -0.25) is 10.1 Å². The highest BCUT2D eigenvalue weighted by atomic mass is 16.3. The van der Waals surface area contributed by atoms with Gasteiger partial charge in [0.25, 0.3) is 0 Å². The van der Waals surface area contributed by atoms with Crippen molar-refractivity contribution in [3.8, 4) is 0 Å².